The predicted molar refractivity (Wildman–Crippen MR) is 71.7 cm³/mol. The largest absolute Gasteiger partial charge is 0.393 e. The number of carbonyl (C=O) groups is 1. The lowest BCUT2D eigenvalue weighted by Gasteiger charge is -2.35. The third kappa shape index (κ3) is 2.59. The van der Waals surface area contributed by atoms with E-state index in [4.69, 9.17) is 11.5 Å². The first-order valence-electron chi connectivity index (χ1n) is 6.10. The molecular formula is C12H16N4O3. The summed E-state index contributed by atoms with van der Waals surface area (Å²) in [6.45, 7) is 0.699. The average Bonchev–Trinajstić information content (AvgIpc) is 2.38. The summed E-state index contributed by atoms with van der Waals surface area (Å²) in [6.07, 6.45) is 2.61. The fourth-order valence-electron chi connectivity index (χ4n) is 2.42. The number of rotatable bonds is 3. The molecule has 1 saturated heterocycles. The molecule has 1 aliphatic rings. The van der Waals surface area contributed by atoms with Crippen molar-refractivity contribution in [2.24, 2.45) is 5.73 Å². The lowest BCUT2D eigenvalue weighted by atomic mass is 10.0. The minimum atomic E-state index is -0.527. The zero-order valence-electron chi connectivity index (χ0n) is 10.4. The molecule has 1 heterocycles. The lowest BCUT2D eigenvalue weighted by molar-refractivity contribution is -0.383. The summed E-state index contributed by atoms with van der Waals surface area (Å²) in [5.74, 6) is -0.378. The molecule has 0 bridgehead atoms. The van der Waals surface area contributed by atoms with Crippen molar-refractivity contribution < 1.29 is 9.72 Å². The van der Waals surface area contributed by atoms with Gasteiger partial charge in [-0.3, -0.25) is 14.9 Å². The van der Waals surface area contributed by atoms with Crippen molar-refractivity contribution in [3.05, 3.63) is 28.3 Å². The van der Waals surface area contributed by atoms with Crippen LogP contribution in [0.4, 0.5) is 17.1 Å². The van der Waals surface area contributed by atoms with E-state index in [1.54, 1.807) is 6.07 Å². The van der Waals surface area contributed by atoms with Gasteiger partial charge >= 0.3 is 0 Å². The standard InChI is InChI=1S/C12H16N4O3/c13-9-7-8(4-5-10(9)16(18)19)15-6-2-1-3-11(15)12(14)17/h4-5,7,11H,1-3,6,13H2,(H2,14,17). The van der Waals surface area contributed by atoms with Gasteiger partial charge in [-0.25, -0.2) is 0 Å². The number of nitro benzene ring substituents is 1. The number of nitro groups is 1. The Hall–Kier alpha value is -2.31. The molecule has 0 spiro atoms. The summed E-state index contributed by atoms with van der Waals surface area (Å²) < 4.78 is 0. The molecule has 2 rings (SSSR count). The van der Waals surface area contributed by atoms with Gasteiger partial charge in [-0.15, -0.1) is 0 Å². The highest BCUT2D eigenvalue weighted by Crippen LogP contribution is 2.30. The third-order valence-corrected chi connectivity index (χ3v) is 3.37. The summed E-state index contributed by atoms with van der Waals surface area (Å²) in [5, 5.41) is 10.7. The minimum absolute atomic E-state index is 0.0938. The van der Waals surface area contributed by atoms with Crippen molar-refractivity contribution in [3.63, 3.8) is 0 Å². The average molecular weight is 264 g/mol. The van der Waals surface area contributed by atoms with E-state index in [1.807, 2.05) is 4.90 Å². The Balaban J connectivity index is 2.32. The van der Waals surface area contributed by atoms with E-state index in [0.29, 0.717) is 18.7 Å². The monoisotopic (exact) mass is 264 g/mol. The van der Waals surface area contributed by atoms with Crippen LogP contribution in [0.1, 0.15) is 19.3 Å². The molecule has 1 aromatic rings. The maximum atomic E-state index is 11.4. The molecular weight excluding hydrogens is 248 g/mol. The van der Waals surface area contributed by atoms with Crippen LogP contribution in [0.5, 0.6) is 0 Å². The van der Waals surface area contributed by atoms with Crippen LogP contribution in [0.25, 0.3) is 0 Å². The van der Waals surface area contributed by atoms with Crippen LogP contribution in [0.3, 0.4) is 0 Å². The first-order valence-corrected chi connectivity index (χ1v) is 6.10. The van der Waals surface area contributed by atoms with E-state index in [9.17, 15) is 14.9 Å². The Morgan fingerprint density at radius 3 is 2.74 bits per heavy atom. The second kappa shape index (κ2) is 5.13. The van der Waals surface area contributed by atoms with E-state index in [1.165, 1.54) is 12.1 Å². The van der Waals surface area contributed by atoms with Crippen LogP contribution < -0.4 is 16.4 Å². The smallest absolute Gasteiger partial charge is 0.292 e. The topological polar surface area (TPSA) is 115 Å². The molecule has 1 atom stereocenters. The molecule has 102 valence electrons. The summed E-state index contributed by atoms with van der Waals surface area (Å²) in [7, 11) is 0. The van der Waals surface area contributed by atoms with Gasteiger partial charge in [0.15, 0.2) is 0 Å². The second-order valence-corrected chi connectivity index (χ2v) is 4.61. The van der Waals surface area contributed by atoms with Crippen LogP contribution >= 0.6 is 0 Å². The highest BCUT2D eigenvalue weighted by Gasteiger charge is 2.27. The van der Waals surface area contributed by atoms with Crippen LogP contribution in [-0.2, 0) is 4.79 Å². The second-order valence-electron chi connectivity index (χ2n) is 4.61. The fourth-order valence-corrected chi connectivity index (χ4v) is 2.42. The maximum absolute atomic E-state index is 11.4. The number of amides is 1. The van der Waals surface area contributed by atoms with Gasteiger partial charge in [-0.05, 0) is 31.4 Å². The summed E-state index contributed by atoms with van der Waals surface area (Å²) in [4.78, 5) is 23.5. The maximum Gasteiger partial charge on any atom is 0.292 e. The number of piperidine rings is 1. The van der Waals surface area contributed by atoms with Gasteiger partial charge in [0.25, 0.3) is 5.69 Å². The Labute approximate surface area is 110 Å². The van der Waals surface area contributed by atoms with Gasteiger partial charge in [0.2, 0.25) is 5.91 Å². The molecule has 1 unspecified atom stereocenters. The first-order chi connectivity index (χ1) is 9.00. The number of carbonyl (C=O) groups excluding carboxylic acids is 1. The number of hydrogen-bond donors (Lipinski definition) is 2. The summed E-state index contributed by atoms with van der Waals surface area (Å²) >= 11 is 0. The van der Waals surface area contributed by atoms with Crippen molar-refractivity contribution >= 4 is 23.0 Å². The Kier molecular flexibility index (Phi) is 3.55. The van der Waals surface area contributed by atoms with Crippen molar-refractivity contribution in [3.8, 4) is 0 Å². The Morgan fingerprint density at radius 2 is 2.16 bits per heavy atom. The normalized spacial score (nSPS) is 19.2. The molecule has 0 saturated carbocycles. The SMILES string of the molecule is NC(=O)C1CCCCN1c1ccc([N+](=O)[O-])c(N)c1. The highest BCUT2D eigenvalue weighted by molar-refractivity contribution is 5.84. The summed E-state index contributed by atoms with van der Waals surface area (Å²) in [6, 6.07) is 4.13. The van der Waals surface area contributed by atoms with Crippen molar-refractivity contribution in [1.82, 2.24) is 0 Å². The van der Waals surface area contributed by atoms with Gasteiger partial charge in [0, 0.05) is 18.3 Å². The molecule has 1 fully saturated rings. The van der Waals surface area contributed by atoms with Crippen LogP contribution in [-0.4, -0.2) is 23.4 Å². The molecule has 0 radical (unpaired) electrons. The lowest BCUT2D eigenvalue weighted by Crippen LogP contribution is -2.47. The number of nitrogen functional groups attached to an aromatic ring is 1. The molecule has 7 heteroatoms. The third-order valence-electron chi connectivity index (χ3n) is 3.37. The zero-order valence-corrected chi connectivity index (χ0v) is 10.4. The molecule has 4 N–H and O–H groups in total. The van der Waals surface area contributed by atoms with Gasteiger partial charge in [-0.2, -0.15) is 0 Å². The fraction of sp³-hybridized carbons (Fsp3) is 0.417. The molecule has 1 aromatic carbocycles. The molecule has 7 nitrogen and oxygen atoms in total. The van der Waals surface area contributed by atoms with Crippen LogP contribution in [0, 0.1) is 10.1 Å². The number of nitrogens with two attached hydrogens (primary N) is 2. The van der Waals surface area contributed by atoms with Gasteiger partial charge in [0.1, 0.15) is 11.7 Å². The molecule has 1 amide bonds. The predicted octanol–water partition coefficient (Wildman–Crippen LogP) is 1.02. The number of primary amides is 1. The Morgan fingerprint density at radius 1 is 1.42 bits per heavy atom. The minimum Gasteiger partial charge on any atom is -0.393 e. The number of nitrogens with zero attached hydrogens (tertiary/aromatic N) is 2. The molecule has 19 heavy (non-hydrogen) atoms. The van der Waals surface area contributed by atoms with Crippen LogP contribution in [0.15, 0.2) is 18.2 Å². The first kappa shape index (κ1) is 13.1. The van der Waals surface area contributed by atoms with Gasteiger partial charge < -0.3 is 16.4 Å². The molecule has 0 aromatic heterocycles. The van der Waals surface area contributed by atoms with Gasteiger partial charge in [0.05, 0.1) is 4.92 Å². The van der Waals surface area contributed by atoms with E-state index in [-0.39, 0.29) is 23.3 Å². The molecule has 0 aliphatic carbocycles. The van der Waals surface area contributed by atoms with E-state index < -0.39 is 4.92 Å². The number of benzene rings is 1. The van der Waals surface area contributed by atoms with E-state index in [0.717, 1.165) is 12.8 Å². The van der Waals surface area contributed by atoms with Crippen LogP contribution in [0.2, 0.25) is 0 Å². The van der Waals surface area contributed by atoms with E-state index in [2.05, 4.69) is 0 Å². The van der Waals surface area contributed by atoms with Crippen molar-refractivity contribution in [1.29, 1.82) is 0 Å². The van der Waals surface area contributed by atoms with Gasteiger partial charge in [-0.1, -0.05) is 0 Å². The Bertz CT molecular complexity index is 518. The number of hydrogen-bond acceptors (Lipinski definition) is 5. The van der Waals surface area contributed by atoms with Crippen molar-refractivity contribution in [2.75, 3.05) is 17.2 Å². The molecule has 1 aliphatic heterocycles. The number of anilines is 2. The van der Waals surface area contributed by atoms with E-state index >= 15 is 0 Å². The highest BCUT2D eigenvalue weighted by atomic mass is 16.6. The summed E-state index contributed by atoms with van der Waals surface area (Å²) in [5.41, 5.74) is 11.7. The quantitative estimate of drug-likeness (QED) is 0.480. The zero-order chi connectivity index (χ0) is 14.0. The van der Waals surface area contributed by atoms with Crippen molar-refractivity contribution in [2.45, 2.75) is 25.3 Å².